The highest BCUT2D eigenvalue weighted by atomic mass is 32.2. The van der Waals surface area contributed by atoms with Crippen LogP contribution in [0.2, 0.25) is 0 Å². The third kappa shape index (κ3) is 4.97. The van der Waals surface area contributed by atoms with Crippen LogP contribution in [0.1, 0.15) is 56.5 Å². The van der Waals surface area contributed by atoms with Gasteiger partial charge in [0.2, 0.25) is 10.0 Å². The lowest BCUT2D eigenvalue weighted by Crippen LogP contribution is -2.16. The van der Waals surface area contributed by atoms with Crippen molar-refractivity contribution in [3.8, 4) is 0 Å². The van der Waals surface area contributed by atoms with E-state index in [4.69, 9.17) is 4.74 Å². The molecule has 7 nitrogen and oxygen atoms in total. The fourth-order valence-electron chi connectivity index (χ4n) is 3.32. The van der Waals surface area contributed by atoms with Gasteiger partial charge in [-0.2, -0.15) is 0 Å². The number of hydrogen-bond acceptors (Lipinski definition) is 6. The number of carbonyl (C=O) groups is 2. The molecule has 1 aliphatic carbocycles. The summed E-state index contributed by atoms with van der Waals surface area (Å²) in [7, 11) is -3.47. The Hall–Kier alpha value is -2.39. The minimum absolute atomic E-state index is 0.259. The molecule has 0 spiro atoms. The van der Waals surface area contributed by atoms with Crippen molar-refractivity contribution in [2.45, 2.75) is 39.5 Å². The van der Waals surface area contributed by atoms with Crippen LogP contribution in [0, 0.1) is 6.92 Å². The van der Waals surface area contributed by atoms with Gasteiger partial charge >= 0.3 is 5.97 Å². The van der Waals surface area contributed by atoms with Crippen LogP contribution < -0.4 is 10.0 Å². The number of carbonyl (C=O) groups excluding carboxylic acids is 2. The fraction of sp³-hybridized carbons (Fsp3) is 0.400. The summed E-state index contributed by atoms with van der Waals surface area (Å²) in [6.45, 7) is 3.76. The number of nitrogens with one attached hydrogen (secondary N) is 2. The average molecular weight is 437 g/mol. The van der Waals surface area contributed by atoms with Gasteiger partial charge in [0, 0.05) is 10.4 Å². The Morgan fingerprint density at radius 1 is 1.21 bits per heavy atom. The minimum Gasteiger partial charge on any atom is -0.462 e. The van der Waals surface area contributed by atoms with Gasteiger partial charge in [0.05, 0.1) is 24.1 Å². The first kappa shape index (κ1) is 21.3. The number of esters is 1. The number of anilines is 2. The van der Waals surface area contributed by atoms with E-state index in [1.165, 1.54) is 17.4 Å². The van der Waals surface area contributed by atoms with Crippen molar-refractivity contribution in [3.63, 3.8) is 0 Å². The second-order valence-electron chi connectivity index (χ2n) is 6.99. The second kappa shape index (κ2) is 8.54. The number of sulfonamides is 1. The molecule has 0 bridgehead atoms. The van der Waals surface area contributed by atoms with Gasteiger partial charge < -0.3 is 10.1 Å². The lowest BCUT2D eigenvalue weighted by molar-refractivity contribution is 0.0526. The summed E-state index contributed by atoms with van der Waals surface area (Å²) >= 11 is 1.41. The molecule has 9 heteroatoms. The molecule has 0 unspecified atom stereocenters. The van der Waals surface area contributed by atoms with E-state index in [9.17, 15) is 18.0 Å². The van der Waals surface area contributed by atoms with Crippen LogP contribution in [0.5, 0.6) is 0 Å². The van der Waals surface area contributed by atoms with E-state index >= 15 is 0 Å². The largest absolute Gasteiger partial charge is 0.462 e. The van der Waals surface area contributed by atoms with Crippen LogP contribution in [0.15, 0.2) is 18.2 Å². The van der Waals surface area contributed by atoms with Crippen molar-refractivity contribution in [2.24, 2.45) is 0 Å². The zero-order valence-electron chi connectivity index (χ0n) is 16.6. The summed E-state index contributed by atoms with van der Waals surface area (Å²) in [6.07, 6.45) is 4.79. The quantitative estimate of drug-likeness (QED) is 0.672. The molecule has 0 aliphatic heterocycles. The summed E-state index contributed by atoms with van der Waals surface area (Å²) in [5.74, 6) is -0.837. The van der Waals surface area contributed by atoms with Crippen LogP contribution in [0.25, 0.3) is 0 Å². The zero-order valence-corrected chi connectivity index (χ0v) is 18.3. The average Bonchev–Trinajstić information content (AvgIpc) is 3.00. The van der Waals surface area contributed by atoms with Gasteiger partial charge in [-0.3, -0.25) is 9.52 Å². The Bertz CT molecular complexity index is 1060. The topological polar surface area (TPSA) is 102 Å². The molecular weight excluding hydrogens is 412 g/mol. The molecule has 0 saturated heterocycles. The Morgan fingerprint density at radius 3 is 2.62 bits per heavy atom. The molecule has 2 aromatic rings. The smallest absolute Gasteiger partial charge is 0.341 e. The predicted octanol–water partition coefficient (Wildman–Crippen LogP) is 3.74. The van der Waals surface area contributed by atoms with Crippen molar-refractivity contribution < 1.29 is 22.7 Å². The zero-order chi connectivity index (χ0) is 21.2. The van der Waals surface area contributed by atoms with Crippen molar-refractivity contribution in [3.05, 3.63) is 45.3 Å². The summed E-state index contributed by atoms with van der Waals surface area (Å²) in [6, 6.07) is 4.78. The van der Waals surface area contributed by atoms with Crippen molar-refractivity contribution in [2.75, 3.05) is 22.9 Å². The maximum atomic E-state index is 12.9. The van der Waals surface area contributed by atoms with Gasteiger partial charge in [0.1, 0.15) is 5.00 Å². The predicted molar refractivity (Wildman–Crippen MR) is 115 cm³/mol. The Labute approximate surface area is 174 Å². The van der Waals surface area contributed by atoms with Crippen LogP contribution >= 0.6 is 11.3 Å². The van der Waals surface area contributed by atoms with Gasteiger partial charge in [-0.1, -0.05) is 6.07 Å². The van der Waals surface area contributed by atoms with E-state index in [-0.39, 0.29) is 6.61 Å². The standard InChI is InChI=1S/C20H24N2O5S2/c1-4-27-20(24)17-14-7-5-6-8-16(14)28-19(17)21-18(23)13-10-9-12(2)15(11-13)22-29(3,25)26/h9-11,22H,4-8H2,1-3H3,(H,21,23). The van der Waals surface area contributed by atoms with Crippen molar-refractivity contribution >= 4 is 43.9 Å². The monoisotopic (exact) mass is 436 g/mol. The van der Waals surface area contributed by atoms with Crippen molar-refractivity contribution in [1.82, 2.24) is 0 Å². The molecule has 0 saturated carbocycles. The van der Waals surface area contributed by atoms with Gasteiger partial charge in [-0.05, 0) is 62.8 Å². The first-order valence-corrected chi connectivity index (χ1v) is 12.1. The Morgan fingerprint density at radius 2 is 1.93 bits per heavy atom. The Balaban J connectivity index is 1.92. The molecule has 1 aromatic carbocycles. The molecule has 1 heterocycles. The van der Waals surface area contributed by atoms with Gasteiger partial charge in [-0.15, -0.1) is 11.3 Å². The number of rotatable bonds is 6. The maximum absolute atomic E-state index is 12.9. The highest BCUT2D eigenvalue weighted by Gasteiger charge is 2.27. The number of thiophene rings is 1. The number of benzene rings is 1. The normalized spacial score (nSPS) is 13.5. The van der Waals surface area contributed by atoms with E-state index in [1.54, 1.807) is 26.0 Å². The van der Waals surface area contributed by atoms with E-state index < -0.39 is 21.9 Å². The number of aryl methyl sites for hydroxylation is 2. The van der Waals surface area contributed by atoms with Crippen LogP contribution in [-0.4, -0.2) is 33.2 Å². The lowest BCUT2D eigenvalue weighted by atomic mass is 9.95. The van der Waals surface area contributed by atoms with Gasteiger partial charge in [0.15, 0.2) is 0 Å². The van der Waals surface area contributed by atoms with Crippen LogP contribution in [0.3, 0.4) is 0 Å². The number of fused-ring (bicyclic) bond motifs is 1. The lowest BCUT2D eigenvalue weighted by Gasteiger charge is -2.12. The van der Waals surface area contributed by atoms with Gasteiger partial charge in [0.25, 0.3) is 5.91 Å². The van der Waals surface area contributed by atoms with Gasteiger partial charge in [-0.25, -0.2) is 13.2 Å². The summed E-state index contributed by atoms with van der Waals surface area (Å²) in [5.41, 5.74) is 2.75. The first-order chi connectivity index (χ1) is 13.7. The number of hydrogen-bond donors (Lipinski definition) is 2. The summed E-state index contributed by atoms with van der Waals surface area (Å²) in [4.78, 5) is 26.5. The highest BCUT2D eigenvalue weighted by molar-refractivity contribution is 7.92. The SMILES string of the molecule is CCOC(=O)c1c(NC(=O)c2ccc(C)c(NS(C)(=O)=O)c2)sc2c1CCCC2. The summed E-state index contributed by atoms with van der Waals surface area (Å²) in [5, 5.41) is 3.32. The fourth-order valence-corrected chi connectivity index (χ4v) is 5.21. The maximum Gasteiger partial charge on any atom is 0.341 e. The van der Waals surface area contributed by atoms with Crippen LogP contribution in [-0.2, 0) is 27.6 Å². The highest BCUT2D eigenvalue weighted by Crippen LogP contribution is 2.39. The molecular formula is C20H24N2O5S2. The molecule has 0 fully saturated rings. The molecule has 2 N–H and O–H groups in total. The number of amides is 1. The Kier molecular flexibility index (Phi) is 6.28. The molecule has 29 heavy (non-hydrogen) atoms. The summed E-state index contributed by atoms with van der Waals surface area (Å²) < 4.78 is 30.7. The van der Waals surface area contributed by atoms with E-state index in [0.29, 0.717) is 27.4 Å². The van der Waals surface area contributed by atoms with E-state index in [2.05, 4.69) is 10.0 Å². The van der Waals surface area contributed by atoms with Crippen LogP contribution in [0.4, 0.5) is 10.7 Å². The number of ether oxygens (including phenoxy) is 1. The van der Waals surface area contributed by atoms with E-state index in [0.717, 1.165) is 42.4 Å². The molecule has 156 valence electrons. The molecule has 0 radical (unpaired) electrons. The molecule has 1 amide bonds. The minimum atomic E-state index is -3.47. The molecule has 0 atom stereocenters. The second-order valence-corrected chi connectivity index (χ2v) is 9.85. The molecule has 1 aromatic heterocycles. The van der Waals surface area contributed by atoms with E-state index in [1.807, 2.05) is 0 Å². The molecule has 3 rings (SSSR count). The first-order valence-electron chi connectivity index (χ1n) is 9.41. The molecule has 1 aliphatic rings. The third-order valence-corrected chi connectivity index (χ3v) is 6.47. The van der Waals surface area contributed by atoms with Crippen molar-refractivity contribution in [1.29, 1.82) is 0 Å². The third-order valence-electron chi connectivity index (χ3n) is 4.67.